The maximum absolute atomic E-state index is 13.6. The highest BCUT2D eigenvalue weighted by Gasteiger charge is 2.56. The van der Waals surface area contributed by atoms with Gasteiger partial charge in [0, 0.05) is 6.42 Å². The van der Waals surface area contributed by atoms with Crippen molar-refractivity contribution < 1.29 is 19.1 Å². The van der Waals surface area contributed by atoms with Gasteiger partial charge in [-0.3, -0.25) is 9.59 Å². The minimum Gasteiger partial charge on any atom is -0.467 e. The van der Waals surface area contributed by atoms with Crippen LogP contribution < -0.4 is 10.6 Å². The Morgan fingerprint density at radius 3 is 2.13 bits per heavy atom. The number of esters is 1. The molecule has 7 nitrogen and oxygen atoms in total. The summed E-state index contributed by atoms with van der Waals surface area (Å²) in [7, 11) is 1.13. The Bertz CT molecular complexity index is 980. The fraction of sp³-hybridized carbons (Fsp3) is 0.227. The molecule has 3 rings (SSSR count). The smallest absolute Gasteiger partial charge is 0.333 e. The van der Waals surface area contributed by atoms with Gasteiger partial charge in [-0.05, 0) is 23.3 Å². The van der Waals surface area contributed by atoms with Crippen LogP contribution in [0.15, 0.2) is 60.7 Å². The van der Waals surface area contributed by atoms with Crippen molar-refractivity contribution in [2.45, 2.75) is 17.9 Å². The zero-order valence-electron chi connectivity index (χ0n) is 16.1. The van der Waals surface area contributed by atoms with Gasteiger partial charge in [-0.2, -0.15) is 5.26 Å². The molecule has 2 atom stereocenters. The Morgan fingerprint density at radius 1 is 1.13 bits per heavy atom. The molecule has 1 aliphatic heterocycles. The molecule has 0 aliphatic carbocycles. The van der Waals surface area contributed by atoms with Gasteiger partial charge in [0.05, 0.1) is 19.1 Å². The van der Waals surface area contributed by atoms with Crippen LogP contribution in [0.3, 0.4) is 0 Å². The highest BCUT2D eigenvalue weighted by molar-refractivity contribution is 7.80. The van der Waals surface area contributed by atoms with Crippen LogP contribution in [0.4, 0.5) is 0 Å². The van der Waals surface area contributed by atoms with Crippen molar-refractivity contribution in [2.75, 3.05) is 7.11 Å². The van der Waals surface area contributed by atoms with Crippen molar-refractivity contribution >= 4 is 35.0 Å². The topological polar surface area (TPSA) is 108 Å². The largest absolute Gasteiger partial charge is 0.467 e. The number of rotatable bonds is 6. The molecule has 2 aromatic carbocycles. The fourth-order valence-corrected chi connectivity index (χ4v) is 3.97. The first-order valence-electron chi connectivity index (χ1n) is 9.16. The van der Waals surface area contributed by atoms with E-state index in [1.807, 2.05) is 66.7 Å². The number of thiocarbonyl (C=S) groups is 1. The molecule has 152 valence electrons. The molecule has 1 aliphatic rings. The molecule has 2 N–H and O–H groups in total. The van der Waals surface area contributed by atoms with Crippen molar-refractivity contribution in [3.05, 3.63) is 71.8 Å². The summed E-state index contributed by atoms with van der Waals surface area (Å²) in [5.41, 5.74) is -0.461. The fourth-order valence-electron chi connectivity index (χ4n) is 3.68. The third-order valence-electron chi connectivity index (χ3n) is 5.05. The van der Waals surface area contributed by atoms with Gasteiger partial charge in [0.2, 0.25) is 5.91 Å². The summed E-state index contributed by atoms with van der Waals surface area (Å²) in [5, 5.41) is 14.5. The molecular weight excluding hydrogens is 402 g/mol. The predicted octanol–water partition coefficient (Wildman–Crippen LogP) is 1.83. The third-order valence-corrected chi connectivity index (χ3v) is 5.25. The maximum atomic E-state index is 13.6. The molecule has 2 aromatic rings. The van der Waals surface area contributed by atoms with Crippen molar-refractivity contribution in [3.63, 3.8) is 0 Å². The van der Waals surface area contributed by atoms with E-state index in [1.165, 1.54) is 0 Å². The van der Waals surface area contributed by atoms with Gasteiger partial charge >= 0.3 is 5.97 Å². The number of carbonyl (C=O) groups is 3. The highest BCUT2D eigenvalue weighted by atomic mass is 32.1. The van der Waals surface area contributed by atoms with E-state index >= 15 is 0 Å². The first-order valence-corrected chi connectivity index (χ1v) is 9.57. The molecule has 2 unspecified atom stereocenters. The minimum absolute atomic E-state index is 0.138. The number of ether oxygens (including phenoxy) is 1. The lowest BCUT2D eigenvalue weighted by Gasteiger charge is -2.39. The van der Waals surface area contributed by atoms with Crippen LogP contribution in [0.5, 0.6) is 0 Å². The van der Waals surface area contributed by atoms with Crippen molar-refractivity contribution in [1.29, 1.82) is 5.26 Å². The third kappa shape index (κ3) is 3.93. The second-order valence-electron chi connectivity index (χ2n) is 6.87. The monoisotopic (exact) mass is 421 g/mol. The van der Waals surface area contributed by atoms with Gasteiger partial charge in [-0.25, -0.2) is 4.79 Å². The van der Waals surface area contributed by atoms with Crippen molar-refractivity contribution in [3.8, 4) is 6.07 Å². The van der Waals surface area contributed by atoms with Crippen LogP contribution in [0, 0.1) is 17.2 Å². The lowest BCUT2D eigenvalue weighted by molar-refractivity contribution is -0.154. The average Bonchev–Trinajstić information content (AvgIpc) is 2.74. The van der Waals surface area contributed by atoms with E-state index in [0.717, 1.165) is 18.2 Å². The lowest BCUT2D eigenvalue weighted by Crippen LogP contribution is -2.70. The van der Waals surface area contributed by atoms with Crippen LogP contribution in [0.25, 0.3) is 0 Å². The second kappa shape index (κ2) is 8.84. The molecule has 8 heteroatoms. The quantitative estimate of drug-likeness (QED) is 0.541. The van der Waals surface area contributed by atoms with E-state index in [-0.39, 0.29) is 10.9 Å². The number of benzene rings is 2. The van der Waals surface area contributed by atoms with Crippen LogP contribution in [0.2, 0.25) is 0 Å². The number of hydrogen-bond acceptors (Lipinski definition) is 6. The van der Waals surface area contributed by atoms with Gasteiger partial charge in [0.1, 0.15) is 5.78 Å². The molecular formula is C22H19N3O4S. The summed E-state index contributed by atoms with van der Waals surface area (Å²) < 4.78 is 4.87. The summed E-state index contributed by atoms with van der Waals surface area (Å²) in [6.07, 6.45) is -0.458. The number of nitriles is 1. The summed E-state index contributed by atoms with van der Waals surface area (Å²) >= 11 is 5.03. The van der Waals surface area contributed by atoms with Gasteiger partial charge in [0.25, 0.3) is 0 Å². The Hall–Kier alpha value is -3.57. The molecule has 0 spiro atoms. The van der Waals surface area contributed by atoms with E-state index in [9.17, 15) is 19.6 Å². The molecule has 0 radical (unpaired) electrons. The van der Waals surface area contributed by atoms with Crippen molar-refractivity contribution in [2.24, 2.45) is 5.92 Å². The summed E-state index contributed by atoms with van der Waals surface area (Å²) in [6.45, 7) is 0. The van der Waals surface area contributed by atoms with Crippen molar-refractivity contribution in [1.82, 2.24) is 10.6 Å². The molecule has 1 heterocycles. The van der Waals surface area contributed by atoms with Gasteiger partial charge < -0.3 is 15.4 Å². The number of Topliss-reactive ketones (excluding diaryl/α,β-unsaturated/α-hetero) is 1. The first-order chi connectivity index (χ1) is 14.4. The molecule has 1 amide bonds. The lowest BCUT2D eigenvalue weighted by atomic mass is 9.74. The zero-order chi connectivity index (χ0) is 21.7. The van der Waals surface area contributed by atoms with E-state index < -0.39 is 35.7 Å². The summed E-state index contributed by atoms with van der Waals surface area (Å²) in [5.74, 6) is -4.21. The predicted molar refractivity (Wildman–Crippen MR) is 112 cm³/mol. The molecule has 1 fully saturated rings. The van der Waals surface area contributed by atoms with E-state index in [0.29, 0.717) is 0 Å². The van der Waals surface area contributed by atoms with E-state index in [1.54, 1.807) is 0 Å². The van der Waals surface area contributed by atoms with Crippen LogP contribution in [0.1, 0.15) is 23.5 Å². The van der Waals surface area contributed by atoms with E-state index in [2.05, 4.69) is 10.6 Å². The summed E-state index contributed by atoms with van der Waals surface area (Å²) in [4.78, 5) is 38.7. The molecule has 0 aromatic heterocycles. The van der Waals surface area contributed by atoms with Crippen LogP contribution in [-0.4, -0.2) is 35.4 Å². The number of hydrogen-bond donors (Lipinski definition) is 2. The highest BCUT2D eigenvalue weighted by Crippen LogP contribution is 2.33. The Kier molecular flexibility index (Phi) is 6.23. The van der Waals surface area contributed by atoms with Gasteiger partial charge in [0.15, 0.2) is 16.6 Å². The number of nitrogens with zero attached hydrogens (tertiary/aromatic N) is 1. The number of nitrogens with one attached hydrogen (secondary N) is 2. The Morgan fingerprint density at radius 2 is 1.67 bits per heavy atom. The first kappa shape index (κ1) is 21.1. The number of ketones is 1. The van der Waals surface area contributed by atoms with E-state index in [4.69, 9.17) is 17.0 Å². The SMILES string of the molecule is COC(=O)C1(CC(=O)C(c2ccccc2)c2ccccc2)NC(=S)NC(=O)C1C#N. The second-order valence-corrected chi connectivity index (χ2v) is 7.27. The molecule has 0 bridgehead atoms. The van der Waals surface area contributed by atoms with Gasteiger partial charge in [-0.1, -0.05) is 60.7 Å². The number of methoxy groups -OCH3 is 1. The summed E-state index contributed by atoms with van der Waals surface area (Å²) in [6, 6.07) is 20.0. The van der Waals surface area contributed by atoms with Crippen LogP contribution >= 0.6 is 12.2 Å². The van der Waals surface area contributed by atoms with Gasteiger partial charge in [-0.15, -0.1) is 0 Å². The molecule has 0 saturated carbocycles. The number of amides is 1. The standard InChI is InChI=1S/C22H19N3O4S/c1-29-20(28)22(16(13-23)19(27)24-21(30)25-22)12-17(26)18(14-8-4-2-5-9-14)15-10-6-3-7-11-15/h2-11,16,18H,12H2,1H3,(H2,24,25,27,30). The van der Waals surface area contributed by atoms with Crippen LogP contribution in [-0.2, 0) is 19.1 Å². The Balaban J connectivity index is 2.07. The molecule has 30 heavy (non-hydrogen) atoms. The normalized spacial score (nSPS) is 20.6. The molecule has 1 saturated heterocycles. The minimum atomic E-state index is -1.91. The maximum Gasteiger partial charge on any atom is 0.333 e. The Labute approximate surface area is 179 Å². The zero-order valence-corrected chi connectivity index (χ0v) is 16.9. The average molecular weight is 421 g/mol. The number of carbonyl (C=O) groups excluding carboxylic acids is 3.